The lowest BCUT2D eigenvalue weighted by Crippen LogP contribution is -1.97. The van der Waals surface area contributed by atoms with Crippen molar-refractivity contribution in [3.63, 3.8) is 0 Å². The number of allylic oxidation sites excluding steroid dienone is 1. The third-order valence-electron chi connectivity index (χ3n) is 4.23. The molecular formula is C23H17IN2O3. The molecule has 0 aliphatic rings. The molecule has 0 N–H and O–H groups in total. The van der Waals surface area contributed by atoms with Crippen molar-refractivity contribution in [2.24, 2.45) is 0 Å². The van der Waals surface area contributed by atoms with Gasteiger partial charge in [0.2, 0.25) is 0 Å². The Bertz CT molecular complexity index is 1130. The van der Waals surface area contributed by atoms with E-state index in [4.69, 9.17) is 4.74 Å². The van der Waals surface area contributed by atoms with Gasteiger partial charge >= 0.3 is 0 Å². The summed E-state index contributed by atoms with van der Waals surface area (Å²) in [6.07, 6.45) is 1.71. The number of nitro groups is 1. The molecule has 0 heterocycles. The fraction of sp³-hybridized carbons (Fsp3) is 0.0870. The Morgan fingerprint density at radius 3 is 2.66 bits per heavy atom. The summed E-state index contributed by atoms with van der Waals surface area (Å²) >= 11 is 2.20. The van der Waals surface area contributed by atoms with Crippen LogP contribution >= 0.6 is 22.6 Å². The van der Waals surface area contributed by atoms with E-state index < -0.39 is 4.92 Å². The van der Waals surface area contributed by atoms with Gasteiger partial charge in [0.1, 0.15) is 12.4 Å². The van der Waals surface area contributed by atoms with Crippen LogP contribution in [0.5, 0.6) is 5.75 Å². The smallest absolute Gasteiger partial charge is 0.270 e. The number of aryl methyl sites for hydroxylation is 1. The van der Waals surface area contributed by atoms with Crippen LogP contribution in [0.4, 0.5) is 5.69 Å². The van der Waals surface area contributed by atoms with Gasteiger partial charge < -0.3 is 4.74 Å². The highest BCUT2D eigenvalue weighted by Gasteiger charge is 2.10. The molecule has 0 amide bonds. The number of benzene rings is 3. The molecular weight excluding hydrogens is 479 g/mol. The van der Waals surface area contributed by atoms with Crippen LogP contribution in [0.3, 0.4) is 0 Å². The van der Waals surface area contributed by atoms with Crippen molar-refractivity contribution in [1.82, 2.24) is 0 Å². The number of hydrogen-bond donors (Lipinski definition) is 0. The van der Waals surface area contributed by atoms with E-state index in [0.29, 0.717) is 17.7 Å². The SMILES string of the molecule is Cc1cccc(COc2ccc(/C=C(/C#N)c3cccc([N+](=O)[O-])c3)cc2I)c1. The molecule has 6 heteroatoms. The number of rotatable bonds is 6. The first kappa shape index (κ1) is 20.6. The highest BCUT2D eigenvalue weighted by Crippen LogP contribution is 2.27. The van der Waals surface area contributed by atoms with Gasteiger partial charge in [0.25, 0.3) is 5.69 Å². The van der Waals surface area contributed by atoms with E-state index in [1.54, 1.807) is 18.2 Å². The Labute approximate surface area is 182 Å². The lowest BCUT2D eigenvalue weighted by Gasteiger charge is -2.10. The zero-order valence-electron chi connectivity index (χ0n) is 15.6. The van der Waals surface area contributed by atoms with Gasteiger partial charge in [-0.05, 0) is 64.4 Å². The third kappa shape index (κ3) is 5.42. The minimum atomic E-state index is -0.470. The van der Waals surface area contributed by atoms with Crippen molar-refractivity contribution in [3.05, 3.63) is 103 Å². The fourth-order valence-corrected chi connectivity index (χ4v) is 3.52. The first-order chi connectivity index (χ1) is 14.0. The minimum absolute atomic E-state index is 0.0434. The Kier molecular flexibility index (Phi) is 6.62. The maximum atomic E-state index is 11.0. The van der Waals surface area contributed by atoms with E-state index in [-0.39, 0.29) is 5.69 Å². The molecule has 0 aliphatic heterocycles. The molecule has 0 atom stereocenters. The highest BCUT2D eigenvalue weighted by atomic mass is 127. The van der Waals surface area contributed by atoms with Crippen molar-refractivity contribution in [3.8, 4) is 11.8 Å². The molecule has 0 unspecified atom stereocenters. The number of halogens is 1. The molecule has 29 heavy (non-hydrogen) atoms. The van der Waals surface area contributed by atoms with Crippen molar-refractivity contribution in [2.45, 2.75) is 13.5 Å². The van der Waals surface area contributed by atoms with Gasteiger partial charge in [0, 0.05) is 12.1 Å². The van der Waals surface area contributed by atoms with Gasteiger partial charge in [-0.25, -0.2) is 0 Å². The summed E-state index contributed by atoms with van der Waals surface area (Å²) in [4.78, 5) is 10.5. The average molecular weight is 496 g/mol. The summed E-state index contributed by atoms with van der Waals surface area (Å²) in [7, 11) is 0. The van der Waals surface area contributed by atoms with Gasteiger partial charge in [0.05, 0.1) is 20.1 Å². The molecule has 0 aromatic heterocycles. The van der Waals surface area contributed by atoms with Crippen molar-refractivity contribution in [1.29, 1.82) is 5.26 Å². The molecule has 3 rings (SSSR count). The molecule has 0 aliphatic carbocycles. The van der Waals surface area contributed by atoms with E-state index >= 15 is 0 Å². The molecule has 0 radical (unpaired) electrons. The first-order valence-electron chi connectivity index (χ1n) is 8.81. The Morgan fingerprint density at radius 2 is 1.97 bits per heavy atom. The van der Waals surface area contributed by atoms with E-state index in [0.717, 1.165) is 20.4 Å². The van der Waals surface area contributed by atoms with Crippen LogP contribution in [-0.2, 0) is 6.61 Å². The molecule has 3 aromatic carbocycles. The molecule has 144 valence electrons. The summed E-state index contributed by atoms with van der Waals surface area (Å²) in [5.74, 6) is 0.762. The van der Waals surface area contributed by atoms with Crippen LogP contribution in [0.1, 0.15) is 22.3 Å². The average Bonchev–Trinajstić information content (AvgIpc) is 2.71. The molecule has 3 aromatic rings. The minimum Gasteiger partial charge on any atom is -0.488 e. The third-order valence-corrected chi connectivity index (χ3v) is 5.08. The second kappa shape index (κ2) is 9.34. The number of nitriles is 1. The quantitative estimate of drug-likeness (QED) is 0.135. The van der Waals surface area contributed by atoms with Crippen molar-refractivity contribution < 1.29 is 9.66 Å². The summed E-state index contributed by atoms with van der Waals surface area (Å²) in [6.45, 7) is 2.52. The van der Waals surface area contributed by atoms with E-state index in [9.17, 15) is 15.4 Å². The predicted octanol–water partition coefficient (Wildman–Crippen LogP) is 6.15. The first-order valence-corrected chi connectivity index (χ1v) is 9.88. The van der Waals surface area contributed by atoms with Gasteiger partial charge in [-0.1, -0.05) is 48.0 Å². The molecule has 0 bridgehead atoms. The Hall–Kier alpha value is -3.18. The van der Waals surface area contributed by atoms with Gasteiger partial charge in [-0.3, -0.25) is 10.1 Å². The summed E-state index contributed by atoms with van der Waals surface area (Å²) in [5.41, 5.74) is 3.93. The highest BCUT2D eigenvalue weighted by molar-refractivity contribution is 14.1. The second-order valence-corrected chi connectivity index (χ2v) is 7.61. The van der Waals surface area contributed by atoms with E-state index in [1.807, 2.05) is 43.3 Å². The van der Waals surface area contributed by atoms with Crippen molar-refractivity contribution >= 4 is 39.9 Å². The predicted molar refractivity (Wildman–Crippen MR) is 121 cm³/mol. The molecule has 0 saturated carbocycles. The van der Waals surface area contributed by atoms with Crippen LogP contribution in [0.25, 0.3) is 11.6 Å². The topological polar surface area (TPSA) is 76.2 Å². The lowest BCUT2D eigenvalue weighted by atomic mass is 10.0. The number of nitro benzene ring substituents is 1. The zero-order chi connectivity index (χ0) is 20.8. The number of non-ortho nitro benzene ring substituents is 1. The molecule has 0 saturated heterocycles. The fourth-order valence-electron chi connectivity index (χ4n) is 2.82. The number of nitrogens with zero attached hydrogens (tertiary/aromatic N) is 2. The Balaban J connectivity index is 1.80. The van der Waals surface area contributed by atoms with Gasteiger partial charge in [-0.2, -0.15) is 5.26 Å². The number of ether oxygens (including phenoxy) is 1. The Morgan fingerprint density at radius 1 is 1.17 bits per heavy atom. The largest absolute Gasteiger partial charge is 0.488 e. The van der Waals surface area contributed by atoms with Crippen LogP contribution in [0.2, 0.25) is 0 Å². The normalized spacial score (nSPS) is 11.0. The van der Waals surface area contributed by atoms with Gasteiger partial charge in [0.15, 0.2) is 0 Å². The molecule has 0 fully saturated rings. The number of hydrogen-bond acceptors (Lipinski definition) is 4. The monoisotopic (exact) mass is 496 g/mol. The zero-order valence-corrected chi connectivity index (χ0v) is 17.8. The molecule has 5 nitrogen and oxygen atoms in total. The van der Waals surface area contributed by atoms with Crippen LogP contribution in [-0.4, -0.2) is 4.92 Å². The van der Waals surface area contributed by atoms with E-state index in [1.165, 1.54) is 17.7 Å². The summed E-state index contributed by atoms with van der Waals surface area (Å²) < 4.78 is 6.84. The maximum absolute atomic E-state index is 11.0. The standard InChI is InChI=1S/C23H17IN2O3/c1-16-4-2-5-18(10-16)15-29-23-9-8-17(12-22(23)24)11-20(14-25)19-6-3-7-21(13-19)26(27)28/h2-13H,15H2,1H3/b20-11-. The van der Waals surface area contributed by atoms with Gasteiger partial charge in [-0.15, -0.1) is 0 Å². The van der Waals surface area contributed by atoms with E-state index in [2.05, 4.69) is 34.7 Å². The second-order valence-electron chi connectivity index (χ2n) is 6.44. The molecule has 0 spiro atoms. The summed E-state index contributed by atoms with van der Waals surface area (Å²) in [6, 6.07) is 22.0. The van der Waals surface area contributed by atoms with Crippen molar-refractivity contribution in [2.75, 3.05) is 0 Å². The summed E-state index contributed by atoms with van der Waals surface area (Å²) in [5, 5.41) is 20.5. The maximum Gasteiger partial charge on any atom is 0.270 e. The van der Waals surface area contributed by atoms with Crippen LogP contribution in [0.15, 0.2) is 66.7 Å². The lowest BCUT2D eigenvalue weighted by molar-refractivity contribution is -0.384. The van der Waals surface area contributed by atoms with Crippen LogP contribution < -0.4 is 4.74 Å². The van der Waals surface area contributed by atoms with Crippen LogP contribution in [0, 0.1) is 31.9 Å².